The lowest BCUT2D eigenvalue weighted by molar-refractivity contribution is -0.206. The molecule has 1 nitrogen and oxygen atoms in total. The highest BCUT2D eigenvalue weighted by molar-refractivity contribution is 9.10. The molecule has 2 rings (SSSR count). The molecular formula is C15H18BrF3O. The maximum absolute atomic E-state index is 13.0. The van der Waals surface area contributed by atoms with Crippen LogP contribution in [-0.4, -0.2) is 17.4 Å². The van der Waals surface area contributed by atoms with Gasteiger partial charge < -0.3 is 5.11 Å². The first-order chi connectivity index (χ1) is 9.38. The Morgan fingerprint density at radius 2 is 1.95 bits per heavy atom. The van der Waals surface area contributed by atoms with Gasteiger partial charge >= 0.3 is 6.18 Å². The first kappa shape index (κ1) is 15.8. The molecule has 1 aromatic carbocycles. The molecule has 0 heterocycles. The van der Waals surface area contributed by atoms with E-state index in [-0.39, 0.29) is 12.8 Å². The number of alkyl halides is 3. The maximum atomic E-state index is 13.0. The van der Waals surface area contributed by atoms with Crippen molar-refractivity contribution in [2.45, 2.75) is 44.4 Å². The Balaban J connectivity index is 2.08. The van der Waals surface area contributed by atoms with Crippen LogP contribution in [0.1, 0.15) is 31.2 Å². The SMILES string of the molecule is OC(Cc1cccc(Br)c1)C1CCCCC1C(F)(F)F. The van der Waals surface area contributed by atoms with E-state index in [4.69, 9.17) is 0 Å². The third kappa shape index (κ3) is 3.98. The zero-order valence-electron chi connectivity index (χ0n) is 11.0. The summed E-state index contributed by atoms with van der Waals surface area (Å²) in [6.07, 6.45) is -2.89. The highest BCUT2D eigenvalue weighted by Crippen LogP contribution is 2.43. The maximum Gasteiger partial charge on any atom is 0.392 e. The average Bonchev–Trinajstić information content (AvgIpc) is 2.37. The molecule has 0 aliphatic heterocycles. The molecule has 1 fully saturated rings. The smallest absolute Gasteiger partial charge is 0.392 e. The van der Waals surface area contributed by atoms with Gasteiger partial charge in [-0.1, -0.05) is 40.9 Å². The van der Waals surface area contributed by atoms with E-state index in [1.807, 2.05) is 24.3 Å². The summed E-state index contributed by atoms with van der Waals surface area (Å²) in [4.78, 5) is 0. The Hall–Kier alpha value is -0.550. The molecule has 1 saturated carbocycles. The molecule has 0 amide bonds. The molecule has 5 heteroatoms. The van der Waals surface area contributed by atoms with E-state index in [0.29, 0.717) is 12.8 Å². The number of benzene rings is 1. The number of aliphatic hydroxyl groups excluding tert-OH is 1. The first-order valence-electron chi connectivity index (χ1n) is 6.87. The van der Waals surface area contributed by atoms with Gasteiger partial charge in [-0.15, -0.1) is 0 Å². The van der Waals surface area contributed by atoms with E-state index in [9.17, 15) is 18.3 Å². The van der Waals surface area contributed by atoms with Crippen LogP contribution in [0.15, 0.2) is 28.7 Å². The van der Waals surface area contributed by atoms with Crippen molar-refractivity contribution < 1.29 is 18.3 Å². The molecule has 0 aromatic heterocycles. The minimum atomic E-state index is -4.21. The van der Waals surface area contributed by atoms with Gasteiger partial charge in [-0.05, 0) is 42.9 Å². The number of rotatable bonds is 3. The highest BCUT2D eigenvalue weighted by Gasteiger charge is 2.47. The van der Waals surface area contributed by atoms with Gasteiger partial charge in [0.25, 0.3) is 0 Å². The molecule has 1 N–H and O–H groups in total. The monoisotopic (exact) mass is 350 g/mol. The van der Waals surface area contributed by atoms with Crippen molar-refractivity contribution in [1.29, 1.82) is 0 Å². The summed E-state index contributed by atoms with van der Waals surface area (Å²) in [5.74, 6) is -2.04. The molecule has 3 atom stereocenters. The summed E-state index contributed by atoms with van der Waals surface area (Å²) < 4.78 is 40.0. The molecule has 1 aliphatic rings. The molecule has 0 bridgehead atoms. The second-order valence-corrected chi connectivity index (χ2v) is 6.41. The van der Waals surface area contributed by atoms with Crippen molar-refractivity contribution >= 4 is 15.9 Å². The van der Waals surface area contributed by atoms with Crippen molar-refractivity contribution in [3.05, 3.63) is 34.3 Å². The average molecular weight is 351 g/mol. The molecule has 1 aliphatic carbocycles. The molecule has 0 saturated heterocycles. The highest BCUT2D eigenvalue weighted by atomic mass is 79.9. The molecule has 0 radical (unpaired) electrons. The molecule has 1 aromatic rings. The summed E-state index contributed by atoms with van der Waals surface area (Å²) in [5, 5.41) is 10.2. The number of halogens is 4. The molecule has 20 heavy (non-hydrogen) atoms. The van der Waals surface area contributed by atoms with Crippen LogP contribution in [0.2, 0.25) is 0 Å². The van der Waals surface area contributed by atoms with Gasteiger partial charge in [-0.3, -0.25) is 0 Å². The van der Waals surface area contributed by atoms with Gasteiger partial charge in [0.1, 0.15) is 0 Å². The zero-order valence-corrected chi connectivity index (χ0v) is 12.6. The predicted molar refractivity (Wildman–Crippen MR) is 75.4 cm³/mol. The van der Waals surface area contributed by atoms with Gasteiger partial charge in [0, 0.05) is 4.47 Å². The third-order valence-electron chi connectivity index (χ3n) is 4.07. The van der Waals surface area contributed by atoms with Crippen LogP contribution in [0.25, 0.3) is 0 Å². The summed E-state index contributed by atoms with van der Waals surface area (Å²) in [6.45, 7) is 0. The molecule has 112 valence electrons. The van der Waals surface area contributed by atoms with Crippen molar-refractivity contribution in [3.63, 3.8) is 0 Å². The second-order valence-electron chi connectivity index (χ2n) is 5.50. The first-order valence-corrected chi connectivity index (χ1v) is 7.66. The van der Waals surface area contributed by atoms with Gasteiger partial charge in [-0.25, -0.2) is 0 Å². The minimum absolute atomic E-state index is 0.143. The van der Waals surface area contributed by atoms with Crippen molar-refractivity contribution in [2.24, 2.45) is 11.8 Å². The van der Waals surface area contributed by atoms with Crippen molar-refractivity contribution in [1.82, 2.24) is 0 Å². The fourth-order valence-electron chi connectivity index (χ4n) is 3.08. The summed E-state index contributed by atoms with van der Waals surface area (Å²) >= 11 is 3.33. The van der Waals surface area contributed by atoms with Crippen LogP contribution < -0.4 is 0 Å². The van der Waals surface area contributed by atoms with Gasteiger partial charge in [0.05, 0.1) is 12.0 Å². The number of aliphatic hydroxyl groups is 1. The van der Waals surface area contributed by atoms with Crippen LogP contribution in [0.5, 0.6) is 0 Å². The second kappa shape index (κ2) is 6.48. The fourth-order valence-corrected chi connectivity index (χ4v) is 3.53. The largest absolute Gasteiger partial charge is 0.392 e. The third-order valence-corrected chi connectivity index (χ3v) is 4.56. The number of hydrogen-bond acceptors (Lipinski definition) is 1. The number of hydrogen-bond donors (Lipinski definition) is 1. The lowest BCUT2D eigenvalue weighted by atomic mass is 9.74. The topological polar surface area (TPSA) is 20.2 Å². The van der Waals surface area contributed by atoms with Gasteiger partial charge in [-0.2, -0.15) is 13.2 Å². The van der Waals surface area contributed by atoms with Crippen LogP contribution >= 0.6 is 15.9 Å². The van der Waals surface area contributed by atoms with Crippen LogP contribution in [0.3, 0.4) is 0 Å². The van der Waals surface area contributed by atoms with E-state index in [1.54, 1.807) is 0 Å². The van der Waals surface area contributed by atoms with E-state index in [1.165, 1.54) is 0 Å². The van der Waals surface area contributed by atoms with Crippen LogP contribution in [-0.2, 0) is 6.42 Å². The Morgan fingerprint density at radius 1 is 1.25 bits per heavy atom. The molecule has 3 unspecified atom stereocenters. The van der Waals surface area contributed by atoms with Gasteiger partial charge in [0.2, 0.25) is 0 Å². The Labute approximate surface area is 125 Å². The van der Waals surface area contributed by atoms with E-state index < -0.39 is 24.1 Å². The summed E-state index contributed by atoms with van der Waals surface area (Å²) in [7, 11) is 0. The lowest BCUT2D eigenvalue weighted by Crippen LogP contribution is -2.40. The fraction of sp³-hybridized carbons (Fsp3) is 0.600. The predicted octanol–water partition coefficient (Wildman–Crippen LogP) is 4.72. The lowest BCUT2D eigenvalue weighted by Gasteiger charge is -2.36. The molecular weight excluding hydrogens is 333 g/mol. The van der Waals surface area contributed by atoms with Crippen LogP contribution in [0.4, 0.5) is 13.2 Å². The Kier molecular flexibility index (Phi) is 5.13. The Morgan fingerprint density at radius 3 is 2.60 bits per heavy atom. The quantitative estimate of drug-likeness (QED) is 0.835. The van der Waals surface area contributed by atoms with Crippen molar-refractivity contribution in [3.8, 4) is 0 Å². The minimum Gasteiger partial charge on any atom is -0.392 e. The van der Waals surface area contributed by atoms with Gasteiger partial charge in [0.15, 0.2) is 0 Å². The van der Waals surface area contributed by atoms with Crippen molar-refractivity contribution in [2.75, 3.05) is 0 Å². The van der Waals surface area contributed by atoms with Crippen LogP contribution in [0, 0.1) is 11.8 Å². The summed E-state index contributed by atoms with van der Waals surface area (Å²) in [6, 6.07) is 7.36. The van der Waals surface area contributed by atoms with E-state index in [2.05, 4.69) is 15.9 Å². The normalized spacial score (nSPS) is 25.4. The Bertz CT molecular complexity index is 447. The zero-order chi connectivity index (χ0) is 14.8. The molecule has 0 spiro atoms. The van der Waals surface area contributed by atoms with E-state index in [0.717, 1.165) is 16.5 Å². The standard InChI is InChI=1S/C15H18BrF3O/c16-11-5-3-4-10(8-11)9-14(20)12-6-1-2-7-13(12)15(17,18)19/h3-5,8,12-14,20H,1-2,6-7,9H2. The summed E-state index contributed by atoms with van der Waals surface area (Å²) in [5.41, 5.74) is 0.860. The van der Waals surface area contributed by atoms with E-state index >= 15 is 0 Å².